The van der Waals surface area contributed by atoms with Gasteiger partial charge in [0.05, 0.1) is 11.9 Å². The van der Waals surface area contributed by atoms with Crippen molar-refractivity contribution in [2.75, 3.05) is 24.3 Å². The van der Waals surface area contributed by atoms with Crippen molar-refractivity contribution in [3.05, 3.63) is 30.5 Å². The Bertz CT molecular complexity index is 571. The van der Waals surface area contributed by atoms with E-state index >= 15 is 0 Å². The van der Waals surface area contributed by atoms with Crippen LogP contribution in [0.2, 0.25) is 0 Å². The Morgan fingerprint density at radius 2 is 1.79 bits per heavy atom. The van der Waals surface area contributed by atoms with Crippen LogP contribution in [0.25, 0.3) is 10.8 Å². The van der Waals surface area contributed by atoms with Crippen LogP contribution in [-0.4, -0.2) is 25.1 Å². The predicted molar refractivity (Wildman–Crippen MR) is 81.9 cm³/mol. The van der Waals surface area contributed by atoms with Gasteiger partial charge in [-0.1, -0.05) is 37.1 Å². The normalized spacial score (nSPS) is 15.9. The minimum atomic E-state index is 0.621. The summed E-state index contributed by atoms with van der Waals surface area (Å²) in [6.07, 6.45) is 7.24. The molecular formula is C16H21N3. The molecule has 1 heterocycles. The lowest BCUT2D eigenvalue weighted by Crippen LogP contribution is -2.16. The average molecular weight is 255 g/mol. The minimum Gasteiger partial charge on any atom is -0.381 e. The van der Waals surface area contributed by atoms with Gasteiger partial charge in [-0.3, -0.25) is 0 Å². The van der Waals surface area contributed by atoms with Crippen molar-refractivity contribution >= 4 is 22.3 Å². The number of nitrogens with one attached hydrogen (secondary N) is 1. The second kappa shape index (κ2) is 5.08. The Balaban J connectivity index is 2.03. The van der Waals surface area contributed by atoms with Gasteiger partial charge in [-0.25, -0.2) is 4.98 Å². The standard InChI is InChI=1S/C16H21N3/c1-19(2)16-14-10-6-5-9-13(14)15(11-17-16)18-12-7-3-4-8-12/h5-6,9-12,18H,3-4,7-8H2,1-2H3. The molecule has 0 saturated heterocycles. The fourth-order valence-electron chi connectivity index (χ4n) is 2.94. The average Bonchev–Trinajstić information content (AvgIpc) is 2.91. The van der Waals surface area contributed by atoms with Crippen LogP contribution in [0.1, 0.15) is 25.7 Å². The number of hydrogen-bond acceptors (Lipinski definition) is 3. The number of aromatic nitrogens is 1. The summed E-state index contributed by atoms with van der Waals surface area (Å²) >= 11 is 0. The van der Waals surface area contributed by atoms with Gasteiger partial charge >= 0.3 is 0 Å². The molecule has 1 aliphatic rings. The van der Waals surface area contributed by atoms with Crippen molar-refractivity contribution in [3.8, 4) is 0 Å². The van der Waals surface area contributed by atoms with Crippen LogP contribution >= 0.6 is 0 Å². The molecule has 3 rings (SSSR count). The zero-order valence-corrected chi connectivity index (χ0v) is 11.7. The molecule has 1 aromatic heterocycles. The highest BCUT2D eigenvalue weighted by Gasteiger charge is 2.16. The lowest BCUT2D eigenvalue weighted by atomic mass is 10.1. The summed E-state index contributed by atoms with van der Waals surface area (Å²) in [6, 6.07) is 9.13. The Kier molecular flexibility index (Phi) is 3.28. The minimum absolute atomic E-state index is 0.621. The predicted octanol–water partition coefficient (Wildman–Crippen LogP) is 3.66. The molecule has 0 atom stereocenters. The molecule has 100 valence electrons. The zero-order chi connectivity index (χ0) is 13.2. The van der Waals surface area contributed by atoms with Crippen LogP contribution < -0.4 is 10.2 Å². The van der Waals surface area contributed by atoms with Gasteiger partial charge in [-0.05, 0) is 12.8 Å². The fourth-order valence-corrected chi connectivity index (χ4v) is 2.94. The first-order chi connectivity index (χ1) is 9.25. The monoisotopic (exact) mass is 255 g/mol. The summed E-state index contributed by atoms with van der Waals surface area (Å²) in [6.45, 7) is 0. The van der Waals surface area contributed by atoms with Crippen molar-refractivity contribution < 1.29 is 0 Å². The topological polar surface area (TPSA) is 28.2 Å². The fraction of sp³-hybridized carbons (Fsp3) is 0.438. The quantitative estimate of drug-likeness (QED) is 0.907. The van der Waals surface area contributed by atoms with Crippen LogP contribution in [0, 0.1) is 0 Å². The summed E-state index contributed by atoms with van der Waals surface area (Å²) in [5, 5.41) is 6.16. The maximum absolute atomic E-state index is 4.61. The van der Waals surface area contributed by atoms with E-state index in [2.05, 4.69) is 39.5 Å². The van der Waals surface area contributed by atoms with E-state index in [1.54, 1.807) is 0 Å². The Morgan fingerprint density at radius 3 is 2.47 bits per heavy atom. The SMILES string of the molecule is CN(C)c1ncc(NC2CCCC2)c2ccccc12. The lowest BCUT2D eigenvalue weighted by Gasteiger charge is -2.19. The van der Waals surface area contributed by atoms with Crippen LogP contribution in [0.15, 0.2) is 30.5 Å². The molecule has 3 nitrogen and oxygen atoms in total. The van der Waals surface area contributed by atoms with E-state index in [9.17, 15) is 0 Å². The van der Waals surface area contributed by atoms with Crippen molar-refractivity contribution in [1.82, 2.24) is 4.98 Å². The first kappa shape index (κ1) is 12.3. The molecule has 0 radical (unpaired) electrons. The van der Waals surface area contributed by atoms with E-state index in [4.69, 9.17) is 0 Å². The number of rotatable bonds is 3. The number of hydrogen-bond donors (Lipinski definition) is 1. The van der Waals surface area contributed by atoms with E-state index in [-0.39, 0.29) is 0 Å². The summed E-state index contributed by atoms with van der Waals surface area (Å²) in [4.78, 5) is 6.68. The maximum Gasteiger partial charge on any atom is 0.136 e. The van der Waals surface area contributed by atoms with Gasteiger partial charge < -0.3 is 10.2 Å². The summed E-state index contributed by atoms with van der Waals surface area (Å²) in [5.74, 6) is 1.03. The molecule has 19 heavy (non-hydrogen) atoms. The van der Waals surface area contributed by atoms with Gasteiger partial charge in [-0.2, -0.15) is 0 Å². The Morgan fingerprint density at radius 1 is 1.11 bits per heavy atom. The largest absolute Gasteiger partial charge is 0.381 e. The van der Waals surface area contributed by atoms with E-state index in [0.717, 1.165) is 5.82 Å². The molecule has 0 bridgehead atoms. The molecule has 2 aromatic rings. The highest BCUT2D eigenvalue weighted by molar-refractivity contribution is 6.00. The smallest absolute Gasteiger partial charge is 0.136 e. The van der Waals surface area contributed by atoms with Crippen LogP contribution in [0.4, 0.5) is 11.5 Å². The third kappa shape index (κ3) is 2.37. The number of pyridine rings is 1. The molecule has 0 amide bonds. The number of anilines is 2. The van der Waals surface area contributed by atoms with Crippen LogP contribution in [-0.2, 0) is 0 Å². The summed E-state index contributed by atoms with van der Waals surface area (Å²) in [7, 11) is 4.08. The van der Waals surface area contributed by atoms with E-state index in [1.807, 2.05) is 20.3 Å². The summed E-state index contributed by atoms with van der Waals surface area (Å²) in [5.41, 5.74) is 1.17. The molecule has 0 spiro atoms. The van der Waals surface area contributed by atoms with Gasteiger partial charge in [0, 0.05) is 30.9 Å². The molecule has 1 saturated carbocycles. The highest BCUT2D eigenvalue weighted by atomic mass is 15.1. The molecule has 1 fully saturated rings. The molecule has 1 N–H and O–H groups in total. The highest BCUT2D eigenvalue weighted by Crippen LogP contribution is 2.31. The maximum atomic E-state index is 4.61. The van der Waals surface area contributed by atoms with Gasteiger partial charge in [0.15, 0.2) is 0 Å². The molecule has 1 aliphatic carbocycles. The van der Waals surface area contributed by atoms with Crippen LogP contribution in [0.5, 0.6) is 0 Å². The summed E-state index contributed by atoms with van der Waals surface area (Å²) < 4.78 is 0. The zero-order valence-electron chi connectivity index (χ0n) is 11.7. The van der Waals surface area contributed by atoms with Gasteiger partial charge in [0.2, 0.25) is 0 Å². The van der Waals surface area contributed by atoms with Gasteiger partial charge in [0.25, 0.3) is 0 Å². The molecule has 0 unspecified atom stereocenters. The first-order valence-corrected chi connectivity index (χ1v) is 7.07. The van der Waals surface area contributed by atoms with E-state index in [0.29, 0.717) is 6.04 Å². The van der Waals surface area contributed by atoms with Crippen LogP contribution in [0.3, 0.4) is 0 Å². The van der Waals surface area contributed by atoms with Crippen molar-refractivity contribution in [2.24, 2.45) is 0 Å². The third-order valence-corrected chi connectivity index (χ3v) is 3.91. The third-order valence-electron chi connectivity index (χ3n) is 3.91. The molecule has 1 aromatic carbocycles. The van der Waals surface area contributed by atoms with Crippen molar-refractivity contribution in [1.29, 1.82) is 0 Å². The van der Waals surface area contributed by atoms with Gasteiger partial charge in [0.1, 0.15) is 5.82 Å². The molecule has 0 aliphatic heterocycles. The van der Waals surface area contributed by atoms with E-state index < -0.39 is 0 Å². The number of benzene rings is 1. The van der Waals surface area contributed by atoms with Crippen molar-refractivity contribution in [3.63, 3.8) is 0 Å². The van der Waals surface area contributed by atoms with E-state index in [1.165, 1.54) is 42.1 Å². The number of fused-ring (bicyclic) bond motifs is 1. The second-order valence-electron chi connectivity index (χ2n) is 5.56. The Labute approximate surface area is 114 Å². The lowest BCUT2D eigenvalue weighted by molar-refractivity contribution is 0.756. The van der Waals surface area contributed by atoms with Crippen molar-refractivity contribution in [2.45, 2.75) is 31.7 Å². The first-order valence-electron chi connectivity index (χ1n) is 7.07. The molecule has 3 heteroatoms. The Hall–Kier alpha value is -1.77. The van der Waals surface area contributed by atoms with Gasteiger partial charge in [-0.15, -0.1) is 0 Å². The molecular weight excluding hydrogens is 234 g/mol. The second-order valence-corrected chi connectivity index (χ2v) is 5.56. The number of nitrogens with zero attached hydrogens (tertiary/aromatic N) is 2.